The lowest BCUT2D eigenvalue weighted by molar-refractivity contribution is -0.149. The summed E-state index contributed by atoms with van der Waals surface area (Å²) >= 11 is 0. The first-order valence-electron chi connectivity index (χ1n) is 3.88. The molecule has 5 heteroatoms. The van der Waals surface area contributed by atoms with Gasteiger partial charge in [-0.1, -0.05) is 30.3 Å². The van der Waals surface area contributed by atoms with E-state index >= 15 is 0 Å². The van der Waals surface area contributed by atoms with Crippen LogP contribution >= 0.6 is 0 Å². The van der Waals surface area contributed by atoms with Crippen LogP contribution in [0.3, 0.4) is 0 Å². The molecule has 14 heavy (non-hydrogen) atoms. The van der Waals surface area contributed by atoms with E-state index in [9.17, 15) is 13.6 Å². The quantitative estimate of drug-likeness (QED) is 0.772. The van der Waals surface area contributed by atoms with Gasteiger partial charge in [0.25, 0.3) is 5.92 Å². The van der Waals surface area contributed by atoms with E-state index < -0.39 is 23.5 Å². The van der Waals surface area contributed by atoms with Crippen molar-refractivity contribution in [3.05, 3.63) is 35.9 Å². The molecule has 0 bridgehead atoms. The van der Waals surface area contributed by atoms with E-state index in [2.05, 4.69) is 0 Å². The molecule has 1 atom stereocenters. The third-order valence-electron chi connectivity index (χ3n) is 1.82. The monoisotopic (exact) mass is 201 g/mol. The zero-order valence-corrected chi connectivity index (χ0v) is 7.15. The molecule has 0 saturated heterocycles. The molecule has 0 amide bonds. The van der Waals surface area contributed by atoms with E-state index in [0.29, 0.717) is 0 Å². The Kier molecular flexibility index (Phi) is 2.81. The smallest absolute Gasteiger partial charge is 0.327 e. The van der Waals surface area contributed by atoms with Crippen LogP contribution in [0.25, 0.3) is 0 Å². The average Bonchev–Trinajstić information content (AvgIpc) is 2.18. The van der Waals surface area contributed by atoms with Crippen LogP contribution in [0.15, 0.2) is 30.3 Å². The summed E-state index contributed by atoms with van der Waals surface area (Å²) in [5.74, 6) is -5.27. The zero-order valence-electron chi connectivity index (χ0n) is 7.15. The molecule has 1 rings (SSSR count). The minimum atomic E-state index is -3.55. The Hall–Kier alpha value is -1.49. The Morgan fingerprint density at radius 2 is 1.86 bits per heavy atom. The van der Waals surface area contributed by atoms with Gasteiger partial charge in [-0.25, -0.2) is 0 Å². The van der Waals surface area contributed by atoms with E-state index in [1.165, 1.54) is 12.1 Å². The molecular formula is C9H9F2NO2. The van der Waals surface area contributed by atoms with Gasteiger partial charge in [0.05, 0.1) is 0 Å². The van der Waals surface area contributed by atoms with Gasteiger partial charge in [-0.2, -0.15) is 8.78 Å². The molecule has 76 valence electrons. The van der Waals surface area contributed by atoms with Gasteiger partial charge in [0, 0.05) is 5.56 Å². The molecule has 0 aliphatic heterocycles. The third kappa shape index (κ3) is 1.88. The summed E-state index contributed by atoms with van der Waals surface area (Å²) < 4.78 is 26.6. The zero-order chi connectivity index (χ0) is 10.8. The Balaban J connectivity index is 3.02. The first-order valence-corrected chi connectivity index (χ1v) is 3.88. The maximum atomic E-state index is 13.3. The van der Waals surface area contributed by atoms with Crippen LogP contribution in [0, 0.1) is 0 Å². The van der Waals surface area contributed by atoms with Crippen LogP contribution in [-0.4, -0.2) is 17.1 Å². The topological polar surface area (TPSA) is 63.3 Å². The summed E-state index contributed by atoms with van der Waals surface area (Å²) in [5, 5.41) is 8.37. The van der Waals surface area contributed by atoms with Crippen molar-refractivity contribution >= 4 is 5.97 Å². The van der Waals surface area contributed by atoms with Crippen LogP contribution < -0.4 is 5.73 Å². The molecule has 0 radical (unpaired) electrons. The number of carbonyl (C=O) groups is 1. The summed E-state index contributed by atoms with van der Waals surface area (Å²) in [7, 11) is 0. The van der Waals surface area contributed by atoms with Crippen molar-refractivity contribution in [2.24, 2.45) is 5.73 Å². The number of nitrogens with two attached hydrogens (primary N) is 1. The molecule has 0 unspecified atom stereocenters. The number of carboxylic acid groups (broad SMARTS) is 1. The Morgan fingerprint density at radius 1 is 1.36 bits per heavy atom. The van der Waals surface area contributed by atoms with Crippen LogP contribution in [0.5, 0.6) is 0 Å². The number of hydrogen-bond acceptors (Lipinski definition) is 2. The predicted molar refractivity (Wildman–Crippen MR) is 45.9 cm³/mol. The second-order valence-corrected chi connectivity index (χ2v) is 2.80. The minimum absolute atomic E-state index is 0.394. The van der Waals surface area contributed by atoms with Crippen molar-refractivity contribution in [1.29, 1.82) is 0 Å². The second kappa shape index (κ2) is 3.71. The summed E-state index contributed by atoms with van der Waals surface area (Å²) in [6.45, 7) is 0. The Morgan fingerprint density at radius 3 is 2.29 bits per heavy atom. The number of benzene rings is 1. The highest BCUT2D eigenvalue weighted by atomic mass is 19.3. The fourth-order valence-corrected chi connectivity index (χ4v) is 0.995. The second-order valence-electron chi connectivity index (χ2n) is 2.80. The SMILES string of the molecule is N[C@H](C(=O)O)C(F)(F)c1ccccc1. The van der Waals surface area contributed by atoms with Gasteiger partial charge in [0.1, 0.15) is 0 Å². The lowest BCUT2D eigenvalue weighted by atomic mass is 10.0. The first-order chi connectivity index (χ1) is 6.46. The molecule has 0 aliphatic carbocycles. The molecular weight excluding hydrogens is 192 g/mol. The van der Waals surface area contributed by atoms with Gasteiger partial charge < -0.3 is 10.8 Å². The van der Waals surface area contributed by atoms with Gasteiger partial charge in [0.15, 0.2) is 6.04 Å². The van der Waals surface area contributed by atoms with E-state index in [1.54, 1.807) is 6.07 Å². The van der Waals surface area contributed by atoms with Crippen LogP contribution in [0.4, 0.5) is 8.78 Å². The number of aliphatic carboxylic acids is 1. The highest BCUT2D eigenvalue weighted by Crippen LogP contribution is 2.30. The predicted octanol–water partition coefficient (Wildman–Crippen LogP) is 1.19. The van der Waals surface area contributed by atoms with Crippen LogP contribution in [0.2, 0.25) is 0 Å². The molecule has 0 aromatic heterocycles. The number of alkyl halides is 2. The van der Waals surface area contributed by atoms with Crippen LogP contribution in [0.1, 0.15) is 5.56 Å². The van der Waals surface area contributed by atoms with Gasteiger partial charge >= 0.3 is 5.97 Å². The summed E-state index contributed by atoms with van der Waals surface area (Å²) in [5.41, 5.74) is 4.48. The standard InChI is InChI=1S/C9H9F2NO2/c10-9(11,7(12)8(13)14)6-4-2-1-3-5-6/h1-5,7H,12H2,(H,13,14)/t7-/m1/s1. The number of hydrogen-bond donors (Lipinski definition) is 2. The van der Waals surface area contributed by atoms with Gasteiger partial charge in [-0.3, -0.25) is 4.79 Å². The number of carboxylic acids is 1. The van der Waals surface area contributed by atoms with E-state index in [0.717, 1.165) is 12.1 Å². The van der Waals surface area contributed by atoms with Crippen LogP contribution in [-0.2, 0) is 10.7 Å². The fraction of sp³-hybridized carbons (Fsp3) is 0.222. The van der Waals surface area contributed by atoms with Crippen molar-refractivity contribution in [3.8, 4) is 0 Å². The molecule has 0 aliphatic rings. The van der Waals surface area contributed by atoms with Crippen molar-refractivity contribution in [3.63, 3.8) is 0 Å². The van der Waals surface area contributed by atoms with Crippen molar-refractivity contribution in [2.75, 3.05) is 0 Å². The van der Waals surface area contributed by atoms with E-state index in [-0.39, 0.29) is 0 Å². The van der Waals surface area contributed by atoms with Crippen molar-refractivity contribution < 1.29 is 18.7 Å². The highest BCUT2D eigenvalue weighted by Gasteiger charge is 2.43. The number of halogens is 2. The highest BCUT2D eigenvalue weighted by molar-refractivity contribution is 5.74. The largest absolute Gasteiger partial charge is 0.480 e. The number of rotatable bonds is 3. The van der Waals surface area contributed by atoms with Gasteiger partial charge in [-0.05, 0) is 0 Å². The summed E-state index contributed by atoms with van der Waals surface area (Å²) in [4.78, 5) is 10.3. The lowest BCUT2D eigenvalue weighted by Crippen LogP contribution is -2.45. The Labute approximate surface area is 79.2 Å². The maximum Gasteiger partial charge on any atom is 0.327 e. The first kappa shape index (κ1) is 10.6. The average molecular weight is 201 g/mol. The normalized spacial score (nSPS) is 13.6. The minimum Gasteiger partial charge on any atom is -0.480 e. The van der Waals surface area contributed by atoms with Crippen molar-refractivity contribution in [2.45, 2.75) is 12.0 Å². The van der Waals surface area contributed by atoms with E-state index in [4.69, 9.17) is 10.8 Å². The molecule has 0 spiro atoms. The molecule has 1 aromatic rings. The molecule has 3 N–H and O–H groups in total. The molecule has 0 saturated carbocycles. The van der Waals surface area contributed by atoms with Gasteiger partial charge in [0.2, 0.25) is 0 Å². The lowest BCUT2D eigenvalue weighted by Gasteiger charge is -2.20. The summed E-state index contributed by atoms with van der Waals surface area (Å²) in [6, 6.07) is 4.43. The summed E-state index contributed by atoms with van der Waals surface area (Å²) in [6.07, 6.45) is 0. The third-order valence-corrected chi connectivity index (χ3v) is 1.82. The maximum absolute atomic E-state index is 13.3. The molecule has 1 aromatic carbocycles. The molecule has 0 fully saturated rings. The van der Waals surface area contributed by atoms with E-state index in [1.807, 2.05) is 0 Å². The van der Waals surface area contributed by atoms with Crippen molar-refractivity contribution in [1.82, 2.24) is 0 Å². The molecule has 3 nitrogen and oxygen atoms in total. The fourth-order valence-electron chi connectivity index (χ4n) is 0.995. The Bertz CT molecular complexity index is 327. The van der Waals surface area contributed by atoms with Gasteiger partial charge in [-0.15, -0.1) is 0 Å². The molecule has 0 heterocycles.